The largest absolute Gasteiger partial charge is 0.573 e. The molecule has 2 rings (SSSR count). The summed E-state index contributed by atoms with van der Waals surface area (Å²) < 4.78 is 73.1. The number of alkyl carbamates (subject to hydrolysis) is 1. The number of benzene rings is 2. The van der Waals surface area contributed by atoms with Crippen LogP contribution in [-0.2, 0) is 14.6 Å². The van der Waals surface area contributed by atoms with E-state index in [1.54, 1.807) is 39.8 Å². The van der Waals surface area contributed by atoms with Crippen LogP contribution >= 0.6 is 0 Å². The zero-order valence-electron chi connectivity index (χ0n) is 16.8. The summed E-state index contributed by atoms with van der Waals surface area (Å²) in [6, 6.07) is 10.2. The van der Waals surface area contributed by atoms with Gasteiger partial charge in [0.25, 0.3) is 0 Å². The SMILES string of the molecule is Cc1ccc(S(=O)(=O)C(NC(=O)OC(C)(C)C)c2cccc(OC(F)(F)F)c2)cc1. The van der Waals surface area contributed by atoms with Gasteiger partial charge in [0.1, 0.15) is 11.4 Å². The van der Waals surface area contributed by atoms with Crippen LogP contribution in [0.15, 0.2) is 53.4 Å². The molecule has 30 heavy (non-hydrogen) atoms. The predicted octanol–water partition coefficient (Wildman–Crippen LogP) is 4.89. The Balaban J connectivity index is 2.50. The van der Waals surface area contributed by atoms with E-state index >= 15 is 0 Å². The zero-order valence-corrected chi connectivity index (χ0v) is 17.6. The topological polar surface area (TPSA) is 81.7 Å². The van der Waals surface area contributed by atoms with Gasteiger partial charge in [0, 0.05) is 0 Å². The van der Waals surface area contributed by atoms with Crippen molar-refractivity contribution >= 4 is 15.9 Å². The average molecular weight is 445 g/mol. The molecule has 0 bridgehead atoms. The highest BCUT2D eigenvalue weighted by atomic mass is 32.2. The molecule has 1 N–H and O–H groups in total. The van der Waals surface area contributed by atoms with Crippen LogP contribution in [0.1, 0.15) is 37.3 Å². The molecule has 0 aromatic heterocycles. The second-order valence-corrected chi connectivity index (χ2v) is 9.54. The van der Waals surface area contributed by atoms with Crippen molar-refractivity contribution in [3.63, 3.8) is 0 Å². The predicted molar refractivity (Wildman–Crippen MR) is 104 cm³/mol. The third-order valence-corrected chi connectivity index (χ3v) is 5.64. The number of amides is 1. The Bertz CT molecular complexity index is 996. The van der Waals surface area contributed by atoms with E-state index in [1.807, 2.05) is 0 Å². The summed E-state index contributed by atoms with van der Waals surface area (Å²) in [6.07, 6.45) is -5.99. The number of nitrogens with one attached hydrogen (secondary N) is 1. The van der Waals surface area contributed by atoms with E-state index in [1.165, 1.54) is 24.3 Å². The molecule has 0 aliphatic carbocycles. The van der Waals surface area contributed by atoms with Gasteiger partial charge in [0.15, 0.2) is 5.37 Å². The highest BCUT2D eigenvalue weighted by Crippen LogP contribution is 2.31. The molecule has 0 fully saturated rings. The molecular weight excluding hydrogens is 423 g/mol. The van der Waals surface area contributed by atoms with Gasteiger partial charge in [-0.05, 0) is 57.5 Å². The monoisotopic (exact) mass is 445 g/mol. The molecule has 1 unspecified atom stereocenters. The second-order valence-electron chi connectivity index (χ2n) is 7.50. The minimum atomic E-state index is -4.96. The van der Waals surface area contributed by atoms with Gasteiger partial charge in [-0.3, -0.25) is 0 Å². The van der Waals surface area contributed by atoms with Crippen molar-refractivity contribution in [2.24, 2.45) is 0 Å². The minimum absolute atomic E-state index is 0.115. The second kappa shape index (κ2) is 8.55. The Morgan fingerprint density at radius 1 is 1.03 bits per heavy atom. The number of hydrogen-bond acceptors (Lipinski definition) is 5. The third kappa shape index (κ3) is 6.65. The van der Waals surface area contributed by atoms with Crippen molar-refractivity contribution in [1.82, 2.24) is 5.32 Å². The van der Waals surface area contributed by atoms with Crippen molar-refractivity contribution in [1.29, 1.82) is 0 Å². The summed E-state index contributed by atoms with van der Waals surface area (Å²) in [4.78, 5) is 12.2. The molecule has 0 heterocycles. The highest BCUT2D eigenvalue weighted by Gasteiger charge is 2.34. The number of hydrogen-bond donors (Lipinski definition) is 1. The molecule has 2 aromatic rings. The average Bonchev–Trinajstić information content (AvgIpc) is 2.57. The van der Waals surface area contributed by atoms with Crippen LogP contribution in [0, 0.1) is 6.92 Å². The molecule has 1 atom stereocenters. The lowest BCUT2D eigenvalue weighted by atomic mass is 10.2. The summed E-state index contributed by atoms with van der Waals surface area (Å²) >= 11 is 0. The number of aryl methyl sites for hydroxylation is 1. The third-order valence-electron chi connectivity index (χ3n) is 3.70. The summed E-state index contributed by atoms with van der Waals surface area (Å²) in [5.41, 5.74) is -0.224. The van der Waals surface area contributed by atoms with E-state index in [9.17, 15) is 26.4 Å². The fourth-order valence-electron chi connectivity index (χ4n) is 2.49. The summed E-state index contributed by atoms with van der Waals surface area (Å²) in [6.45, 7) is 6.54. The first-order chi connectivity index (χ1) is 13.7. The van der Waals surface area contributed by atoms with E-state index in [-0.39, 0.29) is 10.5 Å². The maximum Gasteiger partial charge on any atom is 0.573 e. The van der Waals surface area contributed by atoms with Crippen LogP contribution < -0.4 is 10.1 Å². The number of ether oxygens (including phenoxy) is 2. The molecule has 0 spiro atoms. The van der Waals surface area contributed by atoms with E-state index in [4.69, 9.17) is 4.74 Å². The maximum atomic E-state index is 13.2. The Morgan fingerprint density at radius 2 is 1.63 bits per heavy atom. The highest BCUT2D eigenvalue weighted by molar-refractivity contribution is 7.91. The lowest BCUT2D eigenvalue weighted by molar-refractivity contribution is -0.274. The normalized spacial score (nSPS) is 13.4. The smallest absolute Gasteiger partial charge is 0.444 e. The molecule has 0 aliphatic heterocycles. The first-order valence-electron chi connectivity index (χ1n) is 8.83. The van der Waals surface area contributed by atoms with Crippen molar-refractivity contribution in [3.8, 4) is 5.75 Å². The number of carbonyl (C=O) groups excluding carboxylic acids is 1. The van der Waals surface area contributed by atoms with Gasteiger partial charge in [-0.25, -0.2) is 13.2 Å². The Kier molecular flexibility index (Phi) is 6.70. The molecule has 6 nitrogen and oxygen atoms in total. The molecule has 1 amide bonds. The van der Waals surface area contributed by atoms with Crippen LogP contribution in [-0.4, -0.2) is 26.5 Å². The van der Waals surface area contributed by atoms with Crippen LogP contribution in [0.3, 0.4) is 0 Å². The van der Waals surface area contributed by atoms with Crippen molar-refractivity contribution in [3.05, 3.63) is 59.7 Å². The molecule has 164 valence electrons. The summed E-state index contributed by atoms with van der Waals surface area (Å²) in [7, 11) is -4.23. The van der Waals surface area contributed by atoms with Crippen LogP contribution in [0.25, 0.3) is 0 Å². The molecule has 2 aromatic carbocycles. The maximum absolute atomic E-state index is 13.2. The van der Waals surface area contributed by atoms with E-state index in [0.29, 0.717) is 0 Å². The van der Waals surface area contributed by atoms with Crippen molar-refractivity contribution < 1.29 is 35.9 Å². The first kappa shape index (κ1) is 23.5. The number of carbonyl (C=O) groups is 1. The fourth-order valence-corrected chi connectivity index (χ4v) is 4.04. The number of halogens is 3. The Hall–Kier alpha value is -2.75. The van der Waals surface area contributed by atoms with Gasteiger partial charge in [-0.2, -0.15) is 0 Å². The lowest BCUT2D eigenvalue weighted by Crippen LogP contribution is -2.38. The minimum Gasteiger partial charge on any atom is -0.444 e. The van der Waals surface area contributed by atoms with Gasteiger partial charge >= 0.3 is 12.5 Å². The van der Waals surface area contributed by atoms with Gasteiger partial charge in [0.05, 0.1) is 4.90 Å². The van der Waals surface area contributed by atoms with Gasteiger partial charge in [0.2, 0.25) is 9.84 Å². The van der Waals surface area contributed by atoms with E-state index < -0.39 is 39.0 Å². The van der Waals surface area contributed by atoms with Crippen LogP contribution in [0.2, 0.25) is 0 Å². The fraction of sp³-hybridized carbons (Fsp3) is 0.350. The molecule has 0 saturated carbocycles. The van der Waals surface area contributed by atoms with E-state index in [2.05, 4.69) is 10.1 Å². The standard InChI is InChI=1S/C20H22F3NO5S/c1-13-8-10-16(11-9-13)30(26,27)17(24-18(25)29-19(2,3)4)14-6-5-7-15(12-14)28-20(21,22)23/h5-12,17H,1-4H3,(H,24,25). The van der Waals surface area contributed by atoms with Gasteiger partial charge < -0.3 is 14.8 Å². The molecule has 10 heteroatoms. The number of alkyl halides is 3. The molecular formula is C20H22F3NO5S. The number of sulfone groups is 1. The molecule has 0 aliphatic rings. The van der Waals surface area contributed by atoms with Crippen molar-refractivity contribution in [2.45, 2.75) is 49.9 Å². The summed E-state index contributed by atoms with van der Waals surface area (Å²) in [5, 5.41) is 0.545. The van der Waals surface area contributed by atoms with Gasteiger partial charge in [-0.15, -0.1) is 13.2 Å². The van der Waals surface area contributed by atoms with Crippen LogP contribution in [0.5, 0.6) is 5.75 Å². The van der Waals surface area contributed by atoms with Crippen LogP contribution in [0.4, 0.5) is 18.0 Å². The first-order valence-corrected chi connectivity index (χ1v) is 10.4. The molecule has 0 radical (unpaired) electrons. The summed E-state index contributed by atoms with van der Waals surface area (Å²) in [5.74, 6) is -0.616. The Labute approximate surface area is 172 Å². The van der Waals surface area contributed by atoms with Gasteiger partial charge in [-0.1, -0.05) is 29.8 Å². The zero-order chi connectivity index (χ0) is 22.7. The quantitative estimate of drug-likeness (QED) is 0.709. The van der Waals surface area contributed by atoms with Crippen molar-refractivity contribution in [2.75, 3.05) is 0 Å². The Morgan fingerprint density at radius 3 is 2.17 bits per heavy atom. The molecule has 0 saturated heterocycles. The number of rotatable bonds is 5. The van der Waals surface area contributed by atoms with E-state index in [0.717, 1.165) is 17.7 Å². The lowest BCUT2D eigenvalue weighted by Gasteiger charge is -2.24.